The van der Waals surface area contributed by atoms with Crippen LogP contribution < -0.4 is 10.1 Å². The number of rotatable bonds is 0. The van der Waals surface area contributed by atoms with E-state index in [1.165, 1.54) is 6.07 Å². The predicted molar refractivity (Wildman–Crippen MR) is 50.8 cm³/mol. The van der Waals surface area contributed by atoms with E-state index in [-0.39, 0.29) is 18.0 Å². The Labute approximate surface area is 82.1 Å². The van der Waals surface area contributed by atoms with Gasteiger partial charge in [0.05, 0.1) is 6.04 Å². The van der Waals surface area contributed by atoms with Crippen molar-refractivity contribution in [2.75, 3.05) is 6.54 Å². The maximum atomic E-state index is 13.0. The molecule has 14 heavy (non-hydrogen) atoms. The number of nitrogens with one attached hydrogen (secondary N) is 1. The highest BCUT2D eigenvalue weighted by atomic mass is 19.1. The van der Waals surface area contributed by atoms with E-state index in [1.807, 2.05) is 0 Å². The second-order valence-corrected chi connectivity index (χ2v) is 3.91. The second kappa shape index (κ2) is 2.95. The number of benzene rings is 1. The van der Waals surface area contributed by atoms with Crippen LogP contribution in [0.4, 0.5) is 4.39 Å². The Hall–Kier alpha value is -1.09. The maximum Gasteiger partial charge on any atom is 0.124 e. The minimum Gasteiger partial charge on any atom is -0.488 e. The molecule has 0 saturated carbocycles. The van der Waals surface area contributed by atoms with Gasteiger partial charge in [0, 0.05) is 5.56 Å². The van der Waals surface area contributed by atoms with E-state index in [0.29, 0.717) is 0 Å². The Kier molecular flexibility index (Phi) is 1.74. The molecule has 2 heterocycles. The van der Waals surface area contributed by atoms with Gasteiger partial charge in [-0.3, -0.25) is 0 Å². The van der Waals surface area contributed by atoms with E-state index in [4.69, 9.17) is 4.74 Å². The van der Waals surface area contributed by atoms with Crippen molar-refractivity contribution in [1.82, 2.24) is 5.32 Å². The number of ether oxygens (including phenoxy) is 1. The molecule has 0 radical (unpaired) electrons. The third-order valence-corrected chi connectivity index (χ3v) is 2.99. The minimum atomic E-state index is -0.180. The molecular formula is C11H12FNO. The first-order valence-electron chi connectivity index (χ1n) is 5.04. The number of halogens is 1. The van der Waals surface area contributed by atoms with Gasteiger partial charge in [-0.2, -0.15) is 0 Å². The van der Waals surface area contributed by atoms with Gasteiger partial charge in [0.15, 0.2) is 0 Å². The van der Waals surface area contributed by atoms with Crippen LogP contribution in [-0.4, -0.2) is 12.6 Å². The molecule has 3 rings (SSSR count). The first kappa shape index (κ1) is 8.24. The molecule has 2 unspecified atom stereocenters. The summed E-state index contributed by atoms with van der Waals surface area (Å²) in [6.45, 7) is 1.00. The normalized spacial score (nSPS) is 29.2. The lowest BCUT2D eigenvalue weighted by atomic mass is 9.97. The Bertz CT molecular complexity index is 366. The highest BCUT2D eigenvalue weighted by Gasteiger charge is 2.35. The molecule has 1 aromatic rings. The lowest BCUT2D eigenvalue weighted by Gasteiger charge is -2.25. The first-order valence-corrected chi connectivity index (χ1v) is 5.04. The summed E-state index contributed by atoms with van der Waals surface area (Å²) < 4.78 is 18.8. The Morgan fingerprint density at radius 2 is 2.36 bits per heavy atom. The van der Waals surface area contributed by atoms with Gasteiger partial charge in [-0.1, -0.05) is 0 Å². The van der Waals surface area contributed by atoms with Gasteiger partial charge in [-0.25, -0.2) is 4.39 Å². The molecule has 2 atom stereocenters. The van der Waals surface area contributed by atoms with Crippen molar-refractivity contribution < 1.29 is 9.13 Å². The quantitative estimate of drug-likeness (QED) is 0.680. The van der Waals surface area contributed by atoms with Crippen molar-refractivity contribution in [2.24, 2.45) is 0 Å². The van der Waals surface area contributed by atoms with Gasteiger partial charge in [0.25, 0.3) is 0 Å². The minimum absolute atomic E-state index is 0.180. The zero-order chi connectivity index (χ0) is 9.54. The molecule has 0 bridgehead atoms. The fourth-order valence-electron chi connectivity index (χ4n) is 2.33. The number of fused-ring (bicyclic) bond motifs is 3. The predicted octanol–water partition coefficient (Wildman–Crippen LogP) is 2.01. The molecule has 1 aromatic carbocycles. The van der Waals surface area contributed by atoms with E-state index >= 15 is 0 Å². The number of hydrogen-bond donors (Lipinski definition) is 1. The van der Waals surface area contributed by atoms with Crippen molar-refractivity contribution in [1.29, 1.82) is 0 Å². The smallest absolute Gasteiger partial charge is 0.124 e. The average molecular weight is 193 g/mol. The molecule has 2 nitrogen and oxygen atoms in total. The van der Waals surface area contributed by atoms with Crippen LogP contribution in [0.3, 0.4) is 0 Å². The van der Waals surface area contributed by atoms with E-state index in [1.54, 1.807) is 12.1 Å². The fraction of sp³-hybridized carbons (Fsp3) is 0.455. The summed E-state index contributed by atoms with van der Waals surface area (Å²) >= 11 is 0. The van der Waals surface area contributed by atoms with Gasteiger partial charge in [-0.15, -0.1) is 0 Å². The molecule has 1 saturated heterocycles. The van der Waals surface area contributed by atoms with E-state index in [2.05, 4.69) is 5.32 Å². The van der Waals surface area contributed by atoms with Crippen molar-refractivity contribution in [2.45, 2.75) is 25.0 Å². The number of hydrogen-bond acceptors (Lipinski definition) is 2. The largest absolute Gasteiger partial charge is 0.488 e. The number of piperidine rings is 1. The molecule has 1 fully saturated rings. The summed E-state index contributed by atoms with van der Waals surface area (Å²) in [5.41, 5.74) is 0.981. The highest BCUT2D eigenvalue weighted by molar-refractivity contribution is 5.41. The topological polar surface area (TPSA) is 21.3 Å². The Balaban J connectivity index is 2.02. The van der Waals surface area contributed by atoms with Crippen LogP contribution in [0, 0.1) is 5.82 Å². The van der Waals surface area contributed by atoms with Crippen molar-refractivity contribution in [3.63, 3.8) is 0 Å². The second-order valence-electron chi connectivity index (χ2n) is 3.91. The maximum absolute atomic E-state index is 13.0. The van der Waals surface area contributed by atoms with Crippen LogP contribution in [-0.2, 0) is 0 Å². The SMILES string of the molecule is Fc1ccc2c(c1)C1NCCCC1O2. The highest BCUT2D eigenvalue weighted by Crippen LogP contribution is 2.40. The first-order chi connectivity index (χ1) is 6.84. The van der Waals surface area contributed by atoms with Crippen LogP contribution in [0.1, 0.15) is 24.4 Å². The molecule has 2 aliphatic rings. The van der Waals surface area contributed by atoms with Crippen molar-refractivity contribution >= 4 is 0 Å². The van der Waals surface area contributed by atoms with Gasteiger partial charge in [-0.05, 0) is 37.6 Å². The van der Waals surface area contributed by atoms with Crippen LogP contribution in [0.2, 0.25) is 0 Å². The van der Waals surface area contributed by atoms with Crippen LogP contribution in [0.25, 0.3) is 0 Å². The average Bonchev–Trinajstić information content (AvgIpc) is 2.56. The standard InChI is InChI=1S/C11H12FNO/c12-7-3-4-9-8(6-7)11-10(14-9)2-1-5-13-11/h3-4,6,10-11,13H,1-2,5H2. The summed E-state index contributed by atoms with van der Waals surface area (Å²) in [6.07, 6.45) is 2.41. The zero-order valence-corrected chi connectivity index (χ0v) is 7.79. The van der Waals surface area contributed by atoms with Gasteiger partial charge in [0.1, 0.15) is 17.7 Å². The summed E-state index contributed by atoms with van der Waals surface area (Å²) in [5.74, 6) is 0.663. The van der Waals surface area contributed by atoms with E-state index < -0.39 is 0 Å². The van der Waals surface area contributed by atoms with Crippen molar-refractivity contribution in [3.8, 4) is 5.75 Å². The van der Waals surface area contributed by atoms with Gasteiger partial charge < -0.3 is 10.1 Å². The summed E-state index contributed by atoms with van der Waals surface area (Å²) in [6, 6.07) is 4.97. The van der Waals surface area contributed by atoms with E-state index in [0.717, 1.165) is 30.7 Å². The molecule has 0 spiro atoms. The molecule has 0 aromatic heterocycles. The Morgan fingerprint density at radius 1 is 1.43 bits per heavy atom. The lowest BCUT2D eigenvalue weighted by Crippen LogP contribution is -2.36. The van der Waals surface area contributed by atoms with Gasteiger partial charge >= 0.3 is 0 Å². The monoisotopic (exact) mass is 193 g/mol. The molecule has 3 heteroatoms. The summed E-state index contributed by atoms with van der Waals surface area (Å²) in [4.78, 5) is 0. The van der Waals surface area contributed by atoms with Crippen LogP contribution >= 0.6 is 0 Å². The molecular weight excluding hydrogens is 181 g/mol. The van der Waals surface area contributed by atoms with Crippen LogP contribution in [0.5, 0.6) is 5.75 Å². The van der Waals surface area contributed by atoms with E-state index in [9.17, 15) is 4.39 Å². The third-order valence-electron chi connectivity index (χ3n) is 2.99. The molecule has 1 N–H and O–H groups in total. The summed E-state index contributed by atoms with van der Waals surface area (Å²) in [5, 5.41) is 3.37. The molecule has 0 amide bonds. The summed E-state index contributed by atoms with van der Waals surface area (Å²) in [7, 11) is 0. The van der Waals surface area contributed by atoms with Crippen LogP contribution in [0.15, 0.2) is 18.2 Å². The third kappa shape index (κ3) is 1.12. The van der Waals surface area contributed by atoms with Crippen molar-refractivity contribution in [3.05, 3.63) is 29.6 Å². The van der Waals surface area contributed by atoms with Gasteiger partial charge in [0.2, 0.25) is 0 Å². The fourth-order valence-corrected chi connectivity index (χ4v) is 2.33. The molecule has 0 aliphatic carbocycles. The molecule has 2 aliphatic heterocycles. The Morgan fingerprint density at radius 3 is 3.29 bits per heavy atom. The zero-order valence-electron chi connectivity index (χ0n) is 7.79. The molecule has 74 valence electrons. The lowest BCUT2D eigenvalue weighted by molar-refractivity contribution is 0.154.